The average Bonchev–Trinajstić information content (AvgIpc) is 3.28. The zero-order valence-electron chi connectivity index (χ0n) is 18.0. The summed E-state index contributed by atoms with van der Waals surface area (Å²) in [6.45, 7) is 5.96. The van der Waals surface area contributed by atoms with E-state index in [2.05, 4.69) is 32.9 Å². The number of nitrogens with two attached hydrogens (primary N) is 1. The van der Waals surface area contributed by atoms with Crippen LogP contribution in [0.5, 0.6) is 0 Å². The number of halogens is 2. The van der Waals surface area contributed by atoms with Crippen molar-refractivity contribution in [1.82, 2.24) is 19.7 Å². The summed E-state index contributed by atoms with van der Waals surface area (Å²) in [7, 11) is 0. The van der Waals surface area contributed by atoms with Gasteiger partial charge in [-0.2, -0.15) is 5.10 Å². The molecule has 2 heterocycles. The molecule has 4 rings (SSSR count). The van der Waals surface area contributed by atoms with Crippen molar-refractivity contribution in [1.29, 1.82) is 0 Å². The maximum absolute atomic E-state index is 12.3. The lowest BCUT2D eigenvalue weighted by atomic mass is 9.81. The van der Waals surface area contributed by atoms with E-state index in [9.17, 15) is 4.79 Å². The molecule has 164 valence electrons. The number of hydrogen-bond donors (Lipinski definition) is 1. The Morgan fingerprint density at radius 1 is 1.45 bits per heavy atom. The van der Waals surface area contributed by atoms with Gasteiger partial charge < -0.3 is 5.73 Å². The number of hydrogen-bond acceptors (Lipinski definition) is 5. The van der Waals surface area contributed by atoms with Crippen LogP contribution in [-0.2, 0) is 11.2 Å². The standard InChI is InChI=1S/C23H27BrClN5O/c1-4-19(31)23(3)8-7-14(11-23)9-20-27-12-17-21(24)29-30(22(17)28-20)15-5-6-18(25)16(10-15)13(2)26/h5-6,10,12-14H,4,7-9,11,26H2,1-3H3/t13-,14-,23+/m0/s1. The molecule has 2 aromatic heterocycles. The van der Waals surface area contributed by atoms with Crippen LogP contribution in [-0.4, -0.2) is 25.5 Å². The van der Waals surface area contributed by atoms with Gasteiger partial charge in [-0.25, -0.2) is 14.6 Å². The van der Waals surface area contributed by atoms with Crippen LogP contribution in [0.3, 0.4) is 0 Å². The highest BCUT2D eigenvalue weighted by molar-refractivity contribution is 9.10. The van der Waals surface area contributed by atoms with Crippen LogP contribution in [0.4, 0.5) is 0 Å². The number of carbonyl (C=O) groups excluding carboxylic acids is 1. The lowest BCUT2D eigenvalue weighted by Gasteiger charge is -2.21. The van der Waals surface area contributed by atoms with Crippen LogP contribution in [0.1, 0.15) is 63.9 Å². The van der Waals surface area contributed by atoms with Crippen molar-refractivity contribution in [3.05, 3.63) is 45.4 Å². The first-order valence-corrected chi connectivity index (χ1v) is 11.9. The highest BCUT2D eigenvalue weighted by atomic mass is 79.9. The van der Waals surface area contributed by atoms with E-state index >= 15 is 0 Å². The molecule has 0 spiro atoms. The highest BCUT2D eigenvalue weighted by Crippen LogP contribution is 2.44. The number of nitrogens with zero attached hydrogens (tertiary/aromatic N) is 4. The van der Waals surface area contributed by atoms with Gasteiger partial charge in [0.05, 0.1) is 11.1 Å². The molecule has 1 aliphatic rings. The van der Waals surface area contributed by atoms with E-state index in [0.717, 1.165) is 53.8 Å². The second kappa shape index (κ2) is 8.60. The fourth-order valence-corrected chi connectivity index (χ4v) is 5.40. The number of benzene rings is 1. The highest BCUT2D eigenvalue weighted by Gasteiger charge is 2.40. The lowest BCUT2D eigenvalue weighted by Crippen LogP contribution is -2.24. The molecule has 6 nitrogen and oxygen atoms in total. The van der Waals surface area contributed by atoms with Crippen molar-refractivity contribution >= 4 is 44.3 Å². The second-order valence-corrected chi connectivity index (χ2v) is 10.0. The van der Waals surface area contributed by atoms with Crippen molar-refractivity contribution in [3.8, 4) is 5.69 Å². The Bertz CT molecular complexity index is 1140. The molecule has 0 saturated heterocycles. The summed E-state index contributed by atoms with van der Waals surface area (Å²) >= 11 is 9.84. The number of rotatable bonds is 6. The topological polar surface area (TPSA) is 86.7 Å². The maximum Gasteiger partial charge on any atom is 0.167 e. The van der Waals surface area contributed by atoms with Gasteiger partial charge in [0, 0.05) is 35.5 Å². The Morgan fingerprint density at radius 3 is 2.94 bits per heavy atom. The molecular formula is C23H27BrClN5O. The molecule has 2 N–H and O–H groups in total. The van der Waals surface area contributed by atoms with Gasteiger partial charge >= 0.3 is 0 Å². The van der Waals surface area contributed by atoms with Gasteiger partial charge in [0.1, 0.15) is 16.2 Å². The van der Waals surface area contributed by atoms with Crippen LogP contribution in [0.15, 0.2) is 29.0 Å². The van der Waals surface area contributed by atoms with Gasteiger partial charge in [0.15, 0.2) is 5.65 Å². The van der Waals surface area contributed by atoms with Crippen molar-refractivity contribution in [2.45, 2.75) is 58.9 Å². The molecule has 8 heteroatoms. The third kappa shape index (κ3) is 4.28. The molecule has 1 fully saturated rings. The fourth-order valence-electron chi connectivity index (χ4n) is 4.67. The molecular weight excluding hydrogens is 478 g/mol. The second-order valence-electron chi connectivity index (χ2n) is 8.87. The summed E-state index contributed by atoms with van der Waals surface area (Å²) in [6, 6.07) is 5.51. The smallest absolute Gasteiger partial charge is 0.167 e. The van der Waals surface area contributed by atoms with Crippen LogP contribution >= 0.6 is 27.5 Å². The van der Waals surface area contributed by atoms with Crippen molar-refractivity contribution < 1.29 is 4.79 Å². The van der Waals surface area contributed by atoms with Crippen LogP contribution in [0.2, 0.25) is 5.02 Å². The number of carbonyl (C=O) groups is 1. The van der Waals surface area contributed by atoms with Crippen molar-refractivity contribution in [2.24, 2.45) is 17.1 Å². The Hall–Kier alpha value is -1.83. The van der Waals surface area contributed by atoms with Gasteiger partial charge in [-0.15, -0.1) is 0 Å². The Kier molecular flexibility index (Phi) is 6.21. The van der Waals surface area contributed by atoms with E-state index < -0.39 is 0 Å². The molecule has 1 aliphatic carbocycles. The van der Waals surface area contributed by atoms with Crippen LogP contribution in [0.25, 0.3) is 16.7 Å². The third-order valence-corrected chi connectivity index (χ3v) is 7.38. The van der Waals surface area contributed by atoms with E-state index in [4.69, 9.17) is 22.3 Å². The first-order chi connectivity index (χ1) is 14.7. The van der Waals surface area contributed by atoms with Gasteiger partial charge in [0.25, 0.3) is 0 Å². The minimum Gasteiger partial charge on any atom is -0.324 e. The largest absolute Gasteiger partial charge is 0.324 e. The molecule has 1 saturated carbocycles. The summed E-state index contributed by atoms with van der Waals surface area (Å²) in [5.74, 6) is 1.56. The molecule has 0 bridgehead atoms. The third-order valence-electron chi connectivity index (χ3n) is 6.45. The number of fused-ring (bicyclic) bond motifs is 1. The molecule has 3 atom stereocenters. The number of aromatic nitrogens is 4. The van der Waals surface area contributed by atoms with Gasteiger partial charge in [0.2, 0.25) is 0 Å². The molecule has 0 amide bonds. The van der Waals surface area contributed by atoms with Gasteiger partial charge in [-0.3, -0.25) is 4.79 Å². The van der Waals surface area contributed by atoms with Crippen molar-refractivity contribution in [3.63, 3.8) is 0 Å². The minimum absolute atomic E-state index is 0.189. The summed E-state index contributed by atoms with van der Waals surface area (Å²) < 4.78 is 2.49. The van der Waals surface area contributed by atoms with Gasteiger partial charge in [-0.05, 0) is 71.8 Å². The summed E-state index contributed by atoms with van der Waals surface area (Å²) in [5, 5.41) is 6.10. The monoisotopic (exact) mass is 503 g/mol. The fraction of sp³-hybridized carbons (Fsp3) is 0.478. The van der Waals surface area contributed by atoms with Crippen LogP contribution in [0, 0.1) is 11.3 Å². The van der Waals surface area contributed by atoms with Crippen molar-refractivity contribution in [2.75, 3.05) is 0 Å². The zero-order valence-corrected chi connectivity index (χ0v) is 20.4. The molecule has 31 heavy (non-hydrogen) atoms. The molecule has 3 aromatic rings. The maximum atomic E-state index is 12.3. The first-order valence-electron chi connectivity index (χ1n) is 10.7. The summed E-state index contributed by atoms with van der Waals surface area (Å²) in [6.07, 6.45) is 6.06. The van der Waals surface area contributed by atoms with E-state index in [-0.39, 0.29) is 11.5 Å². The van der Waals surface area contributed by atoms with Gasteiger partial charge in [-0.1, -0.05) is 25.4 Å². The van der Waals surface area contributed by atoms with E-state index in [1.54, 1.807) is 4.68 Å². The summed E-state index contributed by atoms with van der Waals surface area (Å²) in [4.78, 5) is 21.8. The average molecular weight is 505 g/mol. The Morgan fingerprint density at radius 2 is 2.23 bits per heavy atom. The van der Waals surface area contributed by atoms with E-state index in [0.29, 0.717) is 27.7 Å². The molecule has 0 unspecified atom stereocenters. The van der Waals surface area contributed by atoms with Crippen LogP contribution < -0.4 is 5.73 Å². The lowest BCUT2D eigenvalue weighted by molar-refractivity contribution is -0.127. The molecule has 1 aromatic carbocycles. The normalized spacial score (nSPS) is 22.2. The van der Waals surface area contributed by atoms with E-state index in [1.807, 2.05) is 38.2 Å². The quantitative estimate of drug-likeness (QED) is 0.473. The Labute approximate surface area is 195 Å². The zero-order chi connectivity index (χ0) is 22.3. The number of Topliss-reactive ketones (excluding diaryl/α,β-unsaturated/α-hetero) is 1. The minimum atomic E-state index is -0.201. The predicted molar refractivity (Wildman–Crippen MR) is 126 cm³/mol. The number of ketones is 1. The van der Waals surface area contributed by atoms with E-state index in [1.165, 1.54) is 0 Å². The predicted octanol–water partition coefficient (Wildman–Crippen LogP) is 5.58. The molecule has 0 radical (unpaired) electrons. The summed E-state index contributed by atoms with van der Waals surface area (Å²) in [5.41, 5.74) is 8.32. The SMILES string of the molecule is CCC(=O)[C@]1(C)CC[C@@H](Cc2ncc3c(Br)nn(-c4ccc(Cl)c([C@H](C)N)c4)c3n2)C1. The molecule has 0 aliphatic heterocycles. The first kappa shape index (κ1) is 22.4. The Balaban J connectivity index is 1.66.